The second-order valence-corrected chi connectivity index (χ2v) is 7.76. The van der Waals surface area contributed by atoms with E-state index in [1.807, 2.05) is 20.8 Å². The van der Waals surface area contributed by atoms with Gasteiger partial charge in [-0.1, -0.05) is 19.0 Å². The van der Waals surface area contributed by atoms with Crippen molar-refractivity contribution in [1.29, 1.82) is 0 Å². The van der Waals surface area contributed by atoms with E-state index < -0.39 is 12.7 Å². The van der Waals surface area contributed by atoms with Crippen LogP contribution in [0.1, 0.15) is 57.7 Å². The third-order valence-corrected chi connectivity index (χ3v) is 4.89. The summed E-state index contributed by atoms with van der Waals surface area (Å²) in [5.41, 5.74) is 0. The smallest absolute Gasteiger partial charge is 0.357 e. The predicted molar refractivity (Wildman–Crippen MR) is 106 cm³/mol. The van der Waals surface area contributed by atoms with E-state index >= 15 is 0 Å². The summed E-state index contributed by atoms with van der Waals surface area (Å²) in [6, 6.07) is 0. The number of halogens is 3. The summed E-state index contributed by atoms with van der Waals surface area (Å²) in [5.74, 6) is 2.70. The van der Waals surface area contributed by atoms with Crippen molar-refractivity contribution in [3.05, 3.63) is 11.7 Å². The van der Waals surface area contributed by atoms with Gasteiger partial charge in [0.05, 0.1) is 6.54 Å². The highest BCUT2D eigenvalue weighted by atomic mass is 19.4. The monoisotopic (exact) mass is 418 g/mol. The van der Waals surface area contributed by atoms with Gasteiger partial charge >= 0.3 is 6.18 Å². The van der Waals surface area contributed by atoms with Gasteiger partial charge < -0.3 is 15.2 Å². The Bertz CT molecular complexity index is 624. The molecule has 29 heavy (non-hydrogen) atoms. The number of guanidine groups is 1. The molecule has 1 aromatic heterocycles. The first-order chi connectivity index (χ1) is 13.8. The number of nitrogens with zero attached hydrogens (tertiary/aromatic N) is 4. The van der Waals surface area contributed by atoms with Gasteiger partial charge in [0, 0.05) is 32.0 Å². The summed E-state index contributed by atoms with van der Waals surface area (Å²) in [6.45, 7) is 8.28. The van der Waals surface area contributed by atoms with Crippen LogP contribution < -0.4 is 10.6 Å². The van der Waals surface area contributed by atoms with Gasteiger partial charge in [0.2, 0.25) is 5.89 Å². The van der Waals surface area contributed by atoms with Crippen molar-refractivity contribution >= 4 is 5.96 Å². The molecule has 0 saturated carbocycles. The van der Waals surface area contributed by atoms with Gasteiger partial charge in [-0.05, 0) is 45.2 Å². The van der Waals surface area contributed by atoms with E-state index in [0.29, 0.717) is 50.2 Å². The molecule has 7 nitrogen and oxygen atoms in total. The first kappa shape index (κ1) is 23.4. The first-order valence-corrected chi connectivity index (χ1v) is 10.4. The molecular formula is C19H33F3N6O. The maximum absolute atomic E-state index is 12.5. The molecule has 0 radical (unpaired) electrons. The Morgan fingerprint density at radius 2 is 2.00 bits per heavy atom. The molecule has 2 N–H and O–H groups in total. The summed E-state index contributed by atoms with van der Waals surface area (Å²) in [5, 5.41) is 10.4. The van der Waals surface area contributed by atoms with Crippen LogP contribution in [0, 0.1) is 5.92 Å². The maximum atomic E-state index is 12.5. The largest absolute Gasteiger partial charge is 0.401 e. The highest BCUT2D eigenvalue weighted by Gasteiger charge is 2.32. The highest BCUT2D eigenvalue weighted by molar-refractivity contribution is 5.79. The molecule has 0 unspecified atom stereocenters. The summed E-state index contributed by atoms with van der Waals surface area (Å²) in [6.07, 6.45) is -1.02. The van der Waals surface area contributed by atoms with Crippen molar-refractivity contribution < 1.29 is 17.7 Å². The molecule has 0 aliphatic carbocycles. The van der Waals surface area contributed by atoms with Crippen molar-refractivity contribution in [2.45, 2.75) is 58.5 Å². The number of aliphatic imine (C=N–C) groups is 1. The van der Waals surface area contributed by atoms with Crippen molar-refractivity contribution in [3.63, 3.8) is 0 Å². The topological polar surface area (TPSA) is 78.6 Å². The lowest BCUT2D eigenvalue weighted by Gasteiger charge is -2.32. The van der Waals surface area contributed by atoms with Crippen molar-refractivity contribution in [1.82, 2.24) is 25.7 Å². The third-order valence-electron chi connectivity index (χ3n) is 4.89. The summed E-state index contributed by atoms with van der Waals surface area (Å²) < 4.78 is 42.6. The van der Waals surface area contributed by atoms with Crippen molar-refractivity contribution in [2.24, 2.45) is 10.9 Å². The van der Waals surface area contributed by atoms with Gasteiger partial charge in [0.1, 0.15) is 0 Å². The fourth-order valence-corrected chi connectivity index (χ4v) is 3.28. The zero-order valence-electron chi connectivity index (χ0n) is 17.6. The fraction of sp³-hybridized carbons (Fsp3) is 0.842. The second-order valence-electron chi connectivity index (χ2n) is 7.76. The molecule has 1 aliphatic rings. The van der Waals surface area contributed by atoms with Gasteiger partial charge in [-0.2, -0.15) is 18.2 Å². The fourth-order valence-electron chi connectivity index (χ4n) is 3.28. The van der Waals surface area contributed by atoms with E-state index in [1.54, 1.807) is 0 Å². The van der Waals surface area contributed by atoms with Crippen LogP contribution in [-0.2, 0) is 6.42 Å². The minimum atomic E-state index is -4.11. The van der Waals surface area contributed by atoms with E-state index in [9.17, 15) is 13.2 Å². The Morgan fingerprint density at radius 1 is 1.28 bits per heavy atom. The van der Waals surface area contributed by atoms with E-state index in [0.717, 1.165) is 31.8 Å². The summed E-state index contributed by atoms with van der Waals surface area (Å²) in [4.78, 5) is 10.4. The van der Waals surface area contributed by atoms with E-state index in [1.165, 1.54) is 4.90 Å². The number of rotatable bonds is 9. The third kappa shape index (κ3) is 9.01. The van der Waals surface area contributed by atoms with Crippen LogP contribution in [0.15, 0.2) is 9.52 Å². The average Bonchev–Trinajstić information content (AvgIpc) is 3.11. The van der Waals surface area contributed by atoms with Crippen LogP contribution in [-0.4, -0.2) is 66.4 Å². The van der Waals surface area contributed by atoms with Gasteiger partial charge in [0.15, 0.2) is 11.8 Å². The Balaban J connectivity index is 1.69. The summed E-state index contributed by atoms with van der Waals surface area (Å²) >= 11 is 0. The second kappa shape index (κ2) is 11.4. The molecule has 1 saturated heterocycles. The molecule has 2 rings (SSSR count). The first-order valence-electron chi connectivity index (χ1n) is 10.4. The Labute approximate surface area is 170 Å². The van der Waals surface area contributed by atoms with Crippen LogP contribution in [0.25, 0.3) is 0 Å². The van der Waals surface area contributed by atoms with Crippen LogP contribution in [0.5, 0.6) is 0 Å². The van der Waals surface area contributed by atoms with E-state index in [2.05, 4.69) is 25.8 Å². The Kier molecular flexibility index (Phi) is 9.19. The normalized spacial score (nSPS) is 17.1. The zero-order chi connectivity index (χ0) is 21.3. The minimum absolute atomic E-state index is 0.236. The number of alkyl halides is 3. The number of aromatic nitrogens is 2. The number of likely N-dealkylation sites (tertiary alicyclic amines) is 1. The molecule has 0 aromatic carbocycles. The number of hydrogen-bond acceptors (Lipinski definition) is 5. The highest BCUT2D eigenvalue weighted by Crippen LogP contribution is 2.24. The minimum Gasteiger partial charge on any atom is -0.357 e. The summed E-state index contributed by atoms with van der Waals surface area (Å²) in [7, 11) is 0. The number of hydrogen-bond donors (Lipinski definition) is 2. The molecule has 166 valence electrons. The molecule has 1 fully saturated rings. The zero-order valence-corrected chi connectivity index (χ0v) is 17.6. The molecule has 0 atom stereocenters. The predicted octanol–water partition coefficient (Wildman–Crippen LogP) is 2.96. The maximum Gasteiger partial charge on any atom is 0.401 e. The van der Waals surface area contributed by atoms with Gasteiger partial charge in [-0.3, -0.25) is 9.89 Å². The SMILES string of the molecule is CCNC(=NCCC1CCN(CC(F)(F)F)CC1)NCCc1nc(C(C)C)no1. The molecule has 1 aromatic rings. The van der Waals surface area contributed by atoms with E-state index in [-0.39, 0.29) is 5.92 Å². The molecule has 0 spiro atoms. The molecule has 0 bridgehead atoms. The Hall–Kier alpha value is -1.84. The molecular weight excluding hydrogens is 385 g/mol. The molecule has 2 heterocycles. The molecule has 1 aliphatic heterocycles. The Morgan fingerprint density at radius 3 is 2.59 bits per heavy atom. The molecule has 0 amide bonds. The van der Waals surface area contributed by atoms with Crippen molar-refractivity contribution in [2.75, 3.05) is 39.3 Å². The average molecular weight is 419 g/mol. The van der Waals surface area contributed by atoms with Crippen LogP contribution in [0.2, 0.25) is 0 Å². The lowest BCUT2D eigenvalue weighted by Crippen LogP contribution is -2.40. The lowest BCUT2D eigenvalue weighted by molar-refractivity contribution is -0.148. The number of nitrogens with one attached hydrogen (secondary N) is 2. The van der Waals surface area contributed by atoms with Crippen LogP contribution in [0.3, 0.4) is 0 Å². The van der Waals surface area contributed by atoms with Gasteiger partial charge in [-0.15, -0.1) is 0 Å². The quantitative estimate of drug-likeness (QED) is 0.474. The van der Waals surface area contributed by atoms with E-state index in [4.69, 9.17) is 4.52 Å². The van der Waals surface area contributed by atoms with Gasteiger partial charge in [-0.25, -0.2) is 0 Å². The standard InChI is InChI=1S/C19H33F3N6O/c1-4-23-18(25-10-6-16-26-17(14(2)3)27-29-16)24-9-5-15-7-11-28(12-8-15)13-19(20,21)22/h14-15H,4-13H2,1-3H3,(H2,23,24,25). The van der Waals surface area contributed by atoms with Crippen LogP contribution in [0.4, 0.5) is 13.2 Å². The van der Waals surface area contributed by atoms with Gasteiger partial charge in [0.25, 0.3) is 0 Å². The van der Waals surface area contributed by atoms with Crippen LogP contribution >= 0.6 is 0 Å². The van der Waals surface area contributed by atoms with Crippen molar-refractivity contribution in [3.8, 4) is 0 Å². The lowest BCUT2D eigenvalue weighted by atomic mass is 9.93. The molecule has 10 heteroatoms. The number of piperidine rings is 1.